The molecule has 33 heavy (non-hydrogen) atoms. The van der Waals surface area contributed by atoms with Crippen LogP contribution in [0.3, 0.4) is 0 Å². The van der Waals surface area contributed by atoms with Gasteiger partial charge >= 0.3 is 0 Å². The van der Waals surface area contributed by atoms with Crippen LogP contribution in [0.5, 0.6) is 0 Å². The fourth-order valence-electron chi connectivity index (χ4n) is 4.06. The number of alkyl halides is 3. The van der Waals surface area contributed by atoms with Crippen LogP contribution in [0, 0.1) is 5.82 Å². The van der Waals surface area contributed by atoms with Gasteiger partial charge in [0.05, 0.1) is 29.6 Å². The van der Waals surface area contributed by atoms with E-state index in [1.165, 1.54) is 29.9 Å². The molecule has 0 amide bonds. The summed E-state index contributed by atoms with van der Waals surface area (Å²) in [7, 11) is 1.39. The SMILES string of the molecule is CC(Nc1nn(C)c(=O)c2cc(=O)n([C@H]3CCOC[C@@H]3F)cc12)c1cccc(C(F)F)c1F. The van der Waals surface area contributed by atoms with Crippen molar-refractivity contribution >= 4 is 16.6 Å². The number of nitrogens with one attached hydrogen (secondary N) is 1. The standard InChI is InChI=1S/C22H22F4N4O3/c1-11(12-4-3-5-13(19(12)24)20(25)26)27-21-15-9-30(17-6-7-33-10-16(17)23)18(31)8-14(15)22(32)29(2)28-21/h3-5,8-9,11,16-17,20H,6-7,10H2,1-2H3,(H,27,28)/t11?,16-,17-/m0/s1. The zero-order chi connectivity index (χ0) is 23.9. The second kappa shape index (κ2) is 8.97. The maximum absolute atomic E-state index is 14.6. The van der Waals surface area contributed by atoms with E-state index >= 15 is 0 Å². The van der Waals surface area contributed by atoms with Gasteiger partial charge in [0, 0.05) is 36.9 Å². The molecule has 1 saturated heterocycles. The molecule has 4 rings (SSSR count). The van der Waals surface area contributed by atoms with Crippen LogP contribution in [0.4, 0.5) is 23.4 Å². The van der Waals surface area contributed by atoms with Crippen molar-refractivity contribution in [2.24, 2.45) is 7.05 Å². The zero-order valence-corrected chi connectivity index (χ0v) is 17.9. The average Bonchev–Trinajstić information content (AvgIpc) is 2.77. The highest BCUT2D eigenvalue weighted by Gasteiger charge is 2.28. The Labute approximate surface area is 185 Å². The third-order valence-corrected chi connectivity index (χ3v) is 5.83. The minimum absolute atomic E-state index is 0.0156. The van der Waals surface area contributed by atoms with E-state index in [0.717, 1.165) is 16.8 Å². The molecule has 1 N–H and O–H groups in total. The van der Waals surface area contributed by atoms with Crippen LogP contribution in [-0.2, 0) is 11.8 Å². The van der Waals surface area contributed by atoms with Gasteiger partial charge in [0.15, 0.2) is 5.82 Å². The molecule has 3 atom stereocenters. The third-order valence-electron chi connectivity index (χ3n) is 5.83. The molecule has 7 nitrogen and oxygen atoms in total. The molecule has 1 aromatic carbocycles. The lowest BCUT2D eigenvalue weighted by molar-refractivity contribution is 0.00247. The Bertz CT molecular complexity index is 1310. The van der Waals surface area contributed by atoms with Gasteiger partial charge in [0.1, 0.15) is 12.0 Å². The molecule has 1 aliphatic rings. The maximum Gasteiger partial charge on any atom is 0.274 e. The van der Waals surface area contributed by atoms with E-state index < -0.39 is 47.2 Å². The quantitative estimate of drug-likeness (QED) is 0.581. The molecular weight excluding hydrogens is 444 g/mol. The Morgan fingerprint density at radius 1 is 1.21 bits per heavy atom. The van der Waals surface area contributed by atoms with Crippen LogP contribution in [0.15, 0.2) is 40.1 Å². The molecule has 1 aliphatic heterocycles. The smallest absolute Gasteiger partial charge is 0.274 e. The first kappa shape index (κ1) is 23.0. The van der Waals surface area contributed by atoms with Gasteiger partial charge in [-0.15, -0.1) is 0 Å². The molecule has 1 fully saturated rings. The normalized spacial score (nSPS) is 19.7. The van der Waals surface area contributed by atoms with Crippen molar-refractivity contribution in [1.82, 2.24) is 14.3 Å². The number of nitrogens with zero attached hydrogens (tertiary/aromatic N) is 3. The molecule has 1 unspecified atom stereocenters. The molecule has 2 aromatic heterocycles. The van der Waals surface area contributed by atoms with Gasteiger partial charge < -0.3 is 14.6 Å². The van der Waals surface area contributed by atoms with Gasteiger partial charge in [-0.05, 0) is 13.3 Å². The average molecular weight is 466 g/mol. The molecule has 0 saturated carbocycles. The van der Waals surface area contributed by atoms with Crippen molar-refractivity contribution in [3.05, 3.63) is 68.1 Å². The lowest BCUT2D eigenvalue weighted by atomic mass is 10.0. The van der Waals surface area contributed by atoms with E-state index in [0.29, 0.717) is 0 Å². The Balaban J connectivity index is 1.81. The number of anilines is 1. The van der Waals surface area contributed by atoms with Gasteiger partial charge in [0.2, 0.25) is 0 Å². The van der Waals surface area contributed by atoms with E-state index in [4.69, 9.17) is 4.74 Å². The molecule has 11 heteroatoms. The second-order valence-electron chi connectivity index (χ2n) is 7.99. The summed E-state index contributed by atoms with van der Waals surface area (Å²) in [5, 5.41) is 7.40. The number of pyridine rings is 1. The number of hydrogen-bond acceptors (Lipinski definition) is 5. The maximum atomic E-state index is 14.6. The Morgan fingerprint density at radius 2 is 1.94 bits per heavy atom. The summed E-state index contributed by atoms with van der Waals surface area (Å²) in [4.78, 5) is 25.3. The summed E-state index contributed by atoms with van der Waals surface area (Å²) in [6.07, 6.45) is -2.75. The van der Waals surface area contributed by atoms with Crippen LogP contribution in [0.2, 0.25) is 0 Å². The van der Waals surface area contributed by atoms with E-state index in [1.807, 2.05) is 0 Å². The van der Waals surface area contributed by atoms with Crippen molar-refractivity contribution in [1.29, 1.82) is 0 Å². The summed E-state index contributed by atoms with van der Waals surface area (Å²) >= 11 is 0. The highest BCUT2D eigenvalue weighted by atomic mass is 19.3. The van der Waals surface area contributed by atoms with Crippen molar-refractivity contribution in [2.45, 2.75) is 38.0 Å². The first-order valence-corrected chi connectivity index (χ1v) is 10.4. The number of benzene rings is 1. The minimum Gasteiger partial charge on any atom is -0.378 e. The zero-order valence-electron chi connectivity index (χ0n) is 17.9. The molecule has 0 radical (unpaired) electrons. The van der Waals surface area contributed by atoms with Crippen molar-refractivity contribution in [3.8, 4) is 0 Å². The van der Waals surface area contributed by atoms with Crippen molar-refractivity contribution in [2.75, 3.05) is 18.5 Å². The number of fused-ring (bicyclic) bond motifs is 1. The molecular formula is C22H22F4N4O3. The lowest BCUT2D eigenvalue weighted by Gasteiger charge is -2.28. The molecule has 0 aliphatic carbocycles. The topological polar surface area (TPSA) is 78.2 Å². The number of rotatable bonds is 5. The summed E-state index contributed by atoms with van der Waals surface area (Å²) < 4.78 is 62.6. The van der Waals surface area contributed by atoms with Gasteiger partial charge in [0.25, 0.3) is 17.5 Å². The summed E-state index contributed by atoms with van der Waals surface area (Å²) in [5.41, 5.74) is -1.82. The van der Waals surface area contributed by atoms with E-state index in [-0.39, 0.29) is 41.8 Å². The Kier molecular flexibility index (Phi) is 6.24. The van der Waals surface area contributed by atoms with E-state index in [9.17, 15) is 27.2 Å². The monoisotopic (exact) mass is 466 g/mol. The largest absolute Gasteiger partial charge is 0.378 e. The van der Waals surface area contributed by atoms with Gasteiger partial charge in [-0.1, -0.05) is 18.2 Å². The number of ether oxygens (including phenoxy) is 1. The van der Waals surface area contributed by atoms with Gasteiger partial charge in [-0.2, -0.15) is 5.10 Å². The Hall–Kier alpha value is -3.21. The first-order chi connectivity index (χ1) is 15.7. The first-order valence-electron chi connectivity index (χ1n) is 10.4. The van der Waals surface area contributed by atoms with Crippen molar-refractivity contribution in [3.63, 3.8) is 0 Å². The van der Waals surface area contributed by atoms with Crippen LogP contribution >= 0.6 is 0 Å². The summed E-state index contributed by atoms with van der Waals surface area (Å²) in [6, 6.07) is 3.24. The number of aryl methyl sites for hydroxylation is 1. The van der Waals surface area contributed by atoms with Crippen LogP contribution in [0.25, 0.3) is 10.8 Å². The van der Waals surface area contributed by atoms with Crippen LogP contribution in [-0.4, -0.2) is 33.7 Å². The fraction of sp³-hybridized carbons (Fsp3) is 0.409. The Morgan fingerprint density at radius 3 is 2.64 bits per heavy atom. The lowest BCUT2D eigenvalue weighted by Crippen LogP contribution is -2.37. The molecule has 0 bridgehead atoms. The van der Waals surface area contributed by atoms with E-state index in [1.54, 1.807) is 6.92 Å². The van der Waals surface area contributed by atoms with Crippen molar-refractivity contribution < 1.29 is 22.3 Å². The summed E-state index contributed by atoms with van der Waals surface area (Å²) in [6.45, 7) is 1.69. The second-order valence-corrected chi connectivity index (χ2v) is 7.99. The number of aromatic nitrogens is 3. The summed E-state index contributed by atoms with van der Waals surface area (Å²) in [5.74, 6) is -0.918. The van der Waals surface area contributed by atoms with Crippen LogP contribution in [0.1, 0.15) is 43.0 Å². The van der Waals surface area contributed by atoms with Gasteiger partial charge in [-0.25, -0.2) is 22.2 Å². The van der Waals surface area contributed by atoms with Gasteiger partial charge in [-0.3, -0.25) is 9.59 Å². The van der Waals surface area contributed by atoms with E-state index in [2.05, 4.69) is 10.4 Å². The predicted octanol–water partition coefficient (Wildman–Crippen LogP) is 3.64. The molecule has 0 spiro atoms. The predicted molar refractivity (Wildman–Crippen MR) is 114 cm³/mol. The molecule has 3 heterocycles. The molecule has 176 valence electrons. The number of halogens is 4. The third kappa shape index (κ3) is 4.24. The van der Waals surface area contributed by atoms with Crippen LogP contribution < -0.4 is 16.4 Å². The number of hydrogen-bond donors (Lipinski definition) is 1. The molecule has 3 aromatic rings. The fourth-order valence-corrected chi connectivity index (χ4v) is 4.06. The highest BCUT2D eigenvalue weighted by Crippen LogP contribution is 2.30. The highest BCUT2D eigenvalue weighted by molar-refractivity contribution is 5.90. The minimum atomic E-state index is -2.98.